The highest BCUT2D eigenvalue weighted by atomic mass is 19.3. The Bertz CT molecular complexity index is 1310. The molecule has 0 aliphatic carbocycles. The van der Waals surface area contributed by atoms with Crippen LogP contribution in [0.25, 0.3) is 0 Å². The van der Waals surface area contributed by atoms with Crippen LogP contribution in [0.1, 0.15) is 87.0 Å². The summed E-state index contributed by atoms with van der Waals surface area (Å²) in [6, 6.07) is 12.6. The summed E-state index contributed by atoms with van der Waals surface area (Å²) in [4.78, 5) is 31.2. The summed E-state index contributed by atoms with van der Waals surface area (Å²) in [7, 11) is 0. The summed E-state index contributed by atoms with van der Waals surface area (Å²) in [6.07, 6.45) is -0.468. The first-order chi connectivity index (χ1) is 20.3. The van der Waals surface area contributed by atoms with Crippen molar-refractivity contribution in [3.63, 3.8) is 0 Å². The van der Waals surface area contributed by atoms with E-state index in [9.17, 15) is 23.5 Å². The predicted octanol–water partition coefficient (Wildman–Crippen LogP) is 6.55. The zero-order valence-corrected chi connectivity index (χ0v) is 25.7. The summed E-state index contributed by atoms with van der Waals surface area (Å²) in [5, 5.41) is 9.40. The van der Waals surface area contributed by atoms with Crippen LogP contribution in [0.2, 0.25) is 0 Å². The maximum Gasteiger partial charge on any atom is 0.306 e. The molecule has 2 aromatic rings. The average molecular weight is 600 g/mol. The normalized spacial score (nSPS) is 24.6. The van der Waals surface area contributed by atoms with Crippen LogP contribution >= 0.6 is 0 Å². The summed E-state index contributed by atoms with van der Waals surface area (Å²) < 4.78 is 44.5. The maximum atomic E-state index is 17.1. The number of halogens is 3. The molecule has 234 valence electrons. The van der Waals surface area contributed by atoms with Crippen LogP contribution in [0.3, 0.4) is 0 Å². The standard InChI is InChI=1S/C34H44F3N3O3/c1-22-5-7-24(8-6-22)28-20-40(33(2,3)4)21-34(28,37)32(43)39-17-11-23(12-18-39)27-10-9-26(30(35)36)19-29(27)38-15-13-25(14-16-38)31(41)42/h5-10,19,23,25,28,30H,11-18,20-21H2,1-4H3,(H,41,42)/t28-,34-/m0/s1. The van der Waals surface area contributed by atoms with Crippen LogP contribution in [-0.2, 0) is 9.59 Å². The molecule has 0 radical (unpaired) electrons. The number of carbonyl (C=O) groups excluding carboxylic acids is 1. The van der Waals surface area contributed by atoms with Crippen molar-refractivity contribution >= 4 is 17.6 Å². The van der Waals surface area contributed by atoms with Crippen molar-refractivity contribution in [3.8, 4) is 0 Å². The highest BCUT2D eigenvalue weighted by Gasteiger charge is 2.57. The van der Waals surface area contributed by atoms with Gasteiger partial charge in [-0.25, -0.2) is 13.2 Å². The third-order valence-electron chi connectivity index (χ3n) is 9.87. The molecule has 2 aromatic carbocycles. The number of carboxylic acids is 1. The van der Waals surface area contributed by atoms with E-state index in [-0.39, 0.29) is 23.6 Å². The number of nitrogens with zero attached hydrogens (tertiary/aromatic N) is 3. The molecular weight excluding hydrogens is 555 g/mol. The van der Waals surface area contributed by atoms with E-state index in [0.717, 1.165) is 22.4 Å². The number of hydrogen-bond donors (Lipinski definition) is 1. The highest BCUT2D eigenvalue weighted by Crippen LogP contribution is 2.45. The van der Waals surface area contributed by atoms with Gasteiger partial charge >= 0.3 is 5.97 Å². The van der Waals surface area contributed by atoms with Gasteiger partial charge in [0, 0.05) is 62.0 Å². The second-order valence-electron chi connectivity index (χ2n) is 13.7. The van der Waals surface area contributed by atoms with E-state index >= 15 is 4.39 Å². The van der Waals surface area contributed by atoms with Gasteiger partial charge in [-0.3, -0.25) is 14.5 Å². The van der Waals surface area contributed by atoms with Crippen molar-refractivity contribution < 1.29 is 27.9 Å². The van der Waals surface area contributed by atoms with Crippen LogP contribution in [0.15, 0.2) is 42.5 Å². The summed E-state index contributed by atoms with van der Waals surface area (Å²) in [6.45, 7) is 10.4. The van der Waals surface area contributed by atoms with Crippen LogP contribution in [0.4, 0.5) is 18.9 Å². The summed E-state index contributed by atoms with van der Waals surface area (Å²) >= 11 is 0. The predicted molar refractivity (Wildman–Crippen MR) is 162 cm³/mol. The Morgan fingerprint density at radius 2 is 1.58 bits per heavy atom. The van der Waals surface area contributed by atoms with E-state index in [1.807, 2.05) is 56.9 Å². The fourth-order valence-electron chi connectivity index (χ4n) is 7.05. The van der Waals surface area contributed by atoms with Crippen molar-refractivity contribution in [3.05, 3.63) is 64.7 Å². The molecule has 9 heteroatoms. The van der Waals surface area contributed by atoms with Crippen molar-refractivity contribution in [1.29, 1.82) is 0 Å². The Morgan fingerprint density at radius 1 is 0.953 bits per heavy atom. The third kappa shape index (κ3) is 6.42. The van der Waals surface area contributed by atoms with Gasteiger partial charge in [0.15, 0.2) is 0 Å². The molecule has 1 amide bonds. The van der Waals surface area contributed by atoms with E-state index in [4.69, 9.17) is 0 Å². The molecule has 3 aliphatic heterocycles. The van der Waals surface area contributed by atoms with Crippen molar-refractivity contribution in [1.82, 2.24) is 9.80 Å². The minimum absolute atomic E-state index is 0.0288. The lowest BCUT2D eigenvalue weighted by atomic mass is 9.83. The van der Waals surface area contributed by atoms with E-state index < -0.39 is 35.8 Å². The number of aryl methyl sites for hydroxylation is 1. The van der Waals surface area contributed by atoms with Crippen LogP contribution < -0.4 is 4.90 Å². The molecule has 6 nitrogen and oxygen atoms in total. The smallest absolute Gasteiger partial charge is 0.306 e. The number of piperidine rings is 2. The first kappa shape index (κ1) is 31.4. The Morgan fingerprint density at radius 3 is 2.14 bits per heavy atom. The first-order valence-electron chi connectivity index (χ1n) is 15.5. The lowest BCUT2D eigenvalue weighted by Gasteiger charge is -2.39. The molecule has 2 atom stereocenters. The van der Waals surface area contributed by atoms with Gasteiger partial charge in [-0.1, -0.05) is 42.0 Å². The quantitative estimate of drug-likeness (QED) is 0.408. The monoisotopic (exact) mass is 599 g/mol. The third-order valence-corrected chi connectivity index (χ3v) is 9.87. The van der Waals surface area contributed by atoms with Gasteiger partial charge < -0.3 is 14.9 Å². The molecule has 0 unspecified atom stereocenters. The molecule has 0 spiro atoms. The average Bonchev–Trinajstić information content (AvgIpc) is 3.36. The Kier molecular flexibility index (Phi) is 8.85. The molecule has 3 heterocycles. The van der Waals surface area contributed by atoms with Crippen molar-refractivity contribution in [2.45, 2.75) is 82.8 Å². The molecule has 0 saturated carbocycles. The molecule has 5 rings (SSSR count). The number of alkyl halides is 3. The largest absolute Gasteiger partial charge is 0.481 e. The SMILES string of the molecule is Cc1ccc([C@@H]2CN(C(C)(C)C)C[C@@]2(F)C(=O)N2CCC(c3ccc(C(F)F)cc3N3CCC(C(=O)O)CC3)CC2)cc1. The number of carbonyl (C=O) groups is 2. The zero-order valence-electron chi connectivity index (χ0n) is 25.7. The number of benzene rings is 2. The van der Waals surface area contributed by atoms with Gasteiger partial charge in [0.25, 0.3) is 12.3 Å². The fourth-order valence-corrected chi connectivity index (χ4v) is 7.05. The molecule has 0 aromatic heterocycles. The Balaban J connectivity index is 1.34. The van der Waals surface area contributed by atoms with Gasteiger partial charge in [0.05, 0.1) is 5.92 Å². The van der Waals surface area contributed by atoms with E-state index in [2.05, 4.69) is 4.90 Å². The van der Waals surface area contributed by atoms with Crippen LogP contribution in [0, 0.1) is 12.8 Å². The number of amides is 1. The van der Waals surface area contributed by atoms with E-state index in [1.165, 1.54) is 6.07 Å². The minimum Gasteiger partial charge on any atom is -0.481 e. The molecule has 1 N–H and O–H groups in total. The highest BCUT2D eigenvalue weighted by molar-refractivity contribution is 5.87. The molecule has 3 aliphatic rings. The molecule has 3 fully saturated rings. The molecule has 3 saturated heterocycles. The van der Waals surface area contributed by atoms with Crippen LogP contribution in [-0.4, -0.2) is 77.3 Å². The van der Waals surface area contributed by atoms with Gasteiger partial charge in [-0.05, 0) is 76.5 Å². The Labute approximate surface area is 252 Å². The number of hydrogen-bond acceptors (Lipinski definition) is 4. The Hall–Kier alpha value is -3.07. The number of likely N-dealkylation sites (tertiary alicyclic amines) is 2. The van der Waals surface area contributed by atoms with Gasteiger partial charge in [0.1, 0.15) is 0 Å². The zero-order chi connectivity index (χ0) is 31.1. The molecule has 0 bridgehead atoms. The number of aliphatic carboxylic acids is 1. The van der Waals surface area contributed by atoms with E-state index in [1.54, 1.807) is 17.0 Å². The van der Waals surface area contributed by atoms with Gasteiger partial charge in [-0.15, -0.1) is 0 Å². The number of rotatable bonds is 6. The van der Waals surface area contributed by atoms with E-state index in [0.29, 0.717) is 58.4 Å². The van der Waals surface area contributed by atoms with Crippen molar-refractivity contribution in [2.24, 2.45) is 5.92 Å². The first-order valence-corrected chi connectivity index (χ1v) is 15.5. The van der Waals surface area contributed by atoms with Crippen LogP contribution in [0.5, 0.6) is 0 Å². The van der Waals surface area contributed by atoms with Gasteiger partial charge in [0.2, 0.25) is 5.67 Å². The number of carboxylic acid groups (broad SMARTS) is 1. The van der Waals surface area contributed by atoms with Gasteiger partial charge in [-0.2, -0.15) is 0 Å². The number of anilines is 1. The minimum atomic E-state index is -2.61. The summed E-state index contributed by atoms with van der Waals surface area (Å²) in [5.41, 5.74) is 1.19. The summed E-state index contributed by atoms with van der Waals surface area (Å²) in [5.74, 6) is -2.25. The molecular formula is C34H44F3N3O3. The lowest BCUT2D eigenvalue weighted by molar-refractivity contribution is -0.145. The lowest BCUT2D eigenvalue weighted by Crippen LogP contribution is -2.53. The fraction of sp³-hybridized carbons (Fsp3) is 0.588. The van der Waals surface area contributed by atoms with Crippen molar-refractivity contribution in [2.75, 3.05) is 44.2 Å². The maximum absolute atomic E-state index is 17.1. The molecule has 43 heavy (non-hydrogen) atoms. The second kappa shape index (κ2) is 12.1. The topological polar surface area (TPSA) is 64.1 Å². The second-order valence-corrected chi connectivity index (χ2v) is 13.7.